The zero-order valence-electron chi connectivity index (χ0n) is 16.8. The number of aromatic nitrogens is 1. The molecule has 9 nitrogen and oxygen atoms in total. The van der Waals surface area contributed by atoms with Crippen molar-refractivity contribution in [1.29, 1.82) is 0 Å². The molecule has 1 saturated heterocycles. The molecule has 0 saturated carbocycles. The number of ether oxygens (including phenoxy) is 1. The van der Waals surface area contributed by atoms with E-state index in [2.05, 4.69) is 10.3 Å². The first-order valence-electron chi connectivity index (χ1n) is 9.51. The van der Waals surface area contributed by atoms with Crippen molar-refractivity contribution in [2.45, 2.75) is 18.7 Å². The van der Waals surface area contributed by atoms with Crippen LogP contribution < -0.4 is 5.32 Å². The van der Waals surface area contributed by atoms with E-state index in [-0.39, 0.29) is 17.3 Å². The molecule has 1 N–H and O–H groups in total. The first-order chi connectivity index (χ1) is 14.3. The maximum atomic E-state index is 12.6. The van der Waals surface area contributed by atoms with Crippen LogP contribution in [-0.4, -0.2) is 73.8 Å². The second-order valence-corrected chi connectivity index (χ2v) is 9.75. The fourth-order valence-corrected chi connectivity index (χ4v) is 5.47. The molecule has 162 valence electrons. The lowest BCUT2D eigenvalue weighted by molar-refractivity contribution is -0.117. The molecule has 1 fully saturated rings. The van der Waals surface area contributed by atoms with Crippen LogP contribution >= 0.6 is 11.3 Å². The number of carbonyl (C=O) groups excluding carboxylic acids is 2. The van der Waals surface area contributed by atoms with Gasteiger partial charge in [-0.05, 0) is 37.6 Å². The minimum absolute atomic E-state index is 0.145. The highest BCUT2D eigenvalue weighted by atomic mass is 32.2. The zero-order chi connectivity index (χ0) is 21.7. The summed E-state index contributed by atoms with van der Waals surface area (Å²) in [5.74, 6) is -0.610. The average molecular weight is 453 g/mol. The van der Waals surface area contributed by atoms with Gasteiger partial charge in [-0.3, -0.25) is 14.7 Å². The Bertz CT molecular complexity index is 999. The number of sulfonamides is 1. The number of esters is 1. The van der Waals surface area contributed by atoms with Crippen molar-refractivity contribution >= 4 is 38.2 Å². The van der Waals surface area contributed by atoms with Gasteiger partial charge in [-0.1, -0.05) is 0 Å². The molecule has 0 aliphatic carbocycles. The summed E-state index contributed by atoms with van der Waals surface area (Å²) in [6, 6.07) is 4.86. The van der Waals surface area contributed by atoms with Gasteiger partial charge in [0.25, 0.3) is 0 Å². The van der Waals surface area contributed by atoms with E-state index in [1.165, 1.54) is 34.1 Å². The normalized spacial score (nSPS) is 15.7. The van der Waals surface area contributed by atoms with Crippen molar-refractivity contribution < 1.29 is 22.7 Å². The third-order valence-corrected chi connectivity index (χ3v) is 7.63. The van der Waals surface area contributed by atoms with Crippen molar-refractivity contribution in [1.82, 2.24) is 14.2 Å². The van der Waals surface area contributed by atoms with Crippen LogP contribution in [0.25, 0.3) is 0 Å². The number of hydrogen-bond donors (Lipinski definition) is 1. The fourth-order valence-electron chi connectivity index (χ4n) is 3.10. The van der Waals surface area contributed by atoms with Gasteiger partial charge >= 0.3 is 5.97 Å². The molecule has 0 atom stereocenters. The summed E-state index contributed by atoms with van der Waals surface area (Å²) in [5, 5.41) is 3.39. The van der Waals surface area contributed by atoms with E-state index < -0.39 is 16.0 Å². The van der Waals surface area contributed by atoms with Crippen LogP contribution in [0, 0.1) is 6.92 Å². The van der Waals surface area contributed by atoms with E-state index in [1.54, 1.807) is 26.0 Å². The largest absolute Gasteiger partial charge is 0.462 e. The number of hydrogen-bond acceptors (Lipinski definition) is 8. The van der Waals surface area contributed by atoms with Crippen molar-refractivity contribution in [2.75, 3.05) is 44.6 Å². The molecule has 1 aliphatic heterocycles. The van der Waals surface area contributed by atoms with Gasteiger partial charge in [-0.15, -0.1) is 11.3 Å². The minimum atomic E-state index is -3.58. The number of piperazine rings is 1. The summed E-state index contributed by atoms with van der Waals surface area (Å²) in [5.41, 5.74) is 0.753. The quantitative estimate of drug-likeness (QED) is 0.635. The SMILES string of the molecule is CCOC(=O)c1sc(NC(=O)CN2CCN(S(=O)(=O)c3cccnc3)CC2)cc1C. The standard InChI is InChI=1S/C19H24N4O5S2/c1-3-28-19(25)18-14(2)11-17(29-18)21-16(24)13-22-7-9-23(10-8-22)30(26,27)15-5-4-6-20-12-15/h4-6,11-12H,3,7-10,13H2,1-2H3,(H,21,24). The Kier molecular flexibility index (Phi) is 7.19. The Morgan fingerprint density at radius 3 is 2.63 bits per heavy atom. The molecule has 2 aromatic rings. The van der Waals surface area contributed by atoms with Crippen LogP contribution in [0.1, 0.15) is 22.2 Å². The Hall–Kier alpha value is -2.34. The van der Waals surface area contributed by atoms with Gasteiger partial charge < -0.3 is 10.1 Å². The molecule has 0 bridgehead atoms. The predicted octanol–water partition coefficient (Wildman–Crippen LogP) is 1.57. The summed E-state index contributed by atoms with van der Waals surface area (Å²) in [4.78, 5) is 30.7. The van der Waals surface area contributed by atoms with Crippen LogP contribution in [0.5, 0.6) is 0 Å². The van der Waals surface area contributed by atoms with Crippen LogP contribution in [0.3, 0.4) is 0 Å². The number of thiophene rings is 1. The van der Waals surface area contributed by atoms with Crippen molar-refractivity contribution in [3.8, 4) is 0 Å². The topological polar surface area (TPSA) is 109 Å². The summed E-state index contributed by atoms with van der Waals surface area (Å²) in [7, 11) is -3.58. The average Bonchev–Trinajstić information content (AvgIpc) is 3.09. The van der Waals surface area contributed by atoms with Crippen LogP contribution in [0.4, 0.5) is 5.00 Å². The Morgan fingerprint density at radius 1 is 1.27 bits per heavy atom. The summed E-state index contributed by atoms with van der Waals surface area (Å²) < 4.78 is 31.7. The molecule has 3 rings (SSSR count). The van der Waals surface area contributed by atoms with E-state index >= 15 is 0 Å². The maximum Gasteiger partial charge on any atom is 0.348 e. The number of anilines is 1. The van der Waals surface area contributed by atoms with Gasteiger partial charge in [0.15, 0.2) is 0 Å². The smallest absolute Gasteiger partial charge is 0.348 e. The number of rotatable bonds is 7. The monoisotopic (exact) mass is 452 g/mol. The molecular weight excluding hydrogens is 428 g/mol. The van der Waals surface area contributed by atoms with Gasteiger partial charge in [0, 0.05) is 38.6 Å². The number of nitrogens with zero attached hydrogens (tertiary/aromatic N) is 3. The molecule has 0 aromatic carbocycles. The molecule has 30 heavy (non-hydrogen) atoms. The van der Waals surface area contributed by atoms with Crippen LogP contribution in [0.2, 0.25) is 0 Å². The molecule has 11 heteroatoms. The third kappa shape index (κ3) is 5.22. The van der Waals surface area contributed by atoms with Gasteiger partial charge in [0.05, 0.1) is 18.2 Å². The highest BCUT2D eigenvalue weighted by molar-refractivity contribution is 7.89. The van der Waals surface area contributed by atoms with Crippen molar-refractivity contribution in [3.63, 3.8) is 0 Å². The van der Waals surface area contributed by atoms with E-state index in [0.717, 1.165) is 5.56 Å². The highest BCUT2D eigenvalue weighted by Gasteiger charge is 2.29. The van der Waals surface area contributed by atoms with E-state index in [0.29, 0.717) is 42.7 Å². The van der Waals surface area contributed by atoms with Crippen LogP contribution in [-0.2, 0) is 19.6 Å². The van der Waals surface area contributed by atoms with E-state index in [9.17, 15) is 18.0 Å². The zero-order valence-corrected chi connectivity index (χ0v) is 18.5. The first-order valence-corrected chi connectivity index (χ1v) is 11.8. The second kappa shape index (κ2) is 9.65. The molecule has 2 aromatic heterocycles. The van der Waals surface area contributed by atoms with E-state index in [1.807, 2.05) is 4.90 Å². The Labute approximate surface area is 179 Å². The first kappa shape index (κ1) is 22.3. The molecule has 1 amide bonds. The molecule has 1 aliphatic rings. The second-order valence-electron chi connectivity index (χ2n) is 6.76. The molecule has 0 spiro atoms. The number of nitrogens with one attached hydrogen (secondary N) is 1. The number of carbonyl (C=O) groups is 2. The number of aryl methyl sites for hydroxylation is 1. The van der Waals surface area contributed by atoms with E-state index in [4.69, 9.17) is 4.74 Å². The summed E-state index contributed by atoms with van der Waals surface area (Å²) in [6.45, 7) is 5.47. The molecule has 0 radical (unpaired) electrons. The fraction of sp³-hybridized carbons (Fsp3) is 0.421. The lowest BCUT2D eigenvalue weighted by Crippen LogP contribution is -2.50. The molecular formula is C19H24N4O5S2. The summed E-state index contributed by atoms with van der Waals surface area (Å²) in [6.07, 6.45) is 2.86. The lowest BCUT2D eigenvalue weighted by atomic mass is 10.3. The van der Waals surface area contributed by atoms with Crippen molar-refractivity contribution in [3.05, 3.63) is 41.0 Å². The molecule has 0 unspecified atom stereocenters. The van der Waals surface area contributed by atoms with Gasteiger partial charge in [-0.2, -0.15) is 4.31 Å². The minimum Gasteiger partial charge on any atom is -0.462 e. The lowest BCUT2D eigenvalue weighted by Gasteiger charge is -2.33. The maximum absolute atomic E-state index is 12.6. The van der Waals surface area contributed by atoms with Gasteiger partial charge in [-0.25, -0.2) is 13.2 Å². The number of amides is 1. The van der Waals surface area contributed by atoms with Gasteiger partial charge in [0.2, 0.25) is 15.9 Å². The Balaban J connectivity index is 1.52. The number of pyridine rings is 1. The van der Waals surface area contributed by atoms with Crippen LogP contribution in [0.15, 0.2) is 35.5 Å². The van der Waals surface area contributed by atoms with Crippen molar-refractivity contribution in [2.24, 2.45) is 0 Å². The third-order valence-electron chi connectivity index (χ3n) is 4.61. The molecule has 3 heterocycles. The highest BCUT2D eigenvalue weighted by Crippen LogP contribution is 2.27. The summed E-state index contributed by atoms with van der Waals surface area (Å²) >= 11 is 1.18. The predicted molar refractivity (Wildman–Crippen MR) is 113 cm³/mol. The van der Waals surface area contributed by atoms with Gasteiger partial charge in [0.1, 0.15) is 9.77 Å². The Morgan fingerprint density at radius 2 is 2.00 bits per heavy atom.